The van der Waals surface area contributed by atoms with Crippen molar-refractivity contribution in [2.45, 2.75) is 19.4 Å². The molecule has 0 atom stereocenters. The van der Waals surface area contributed by atoms with Crippen molar-refractivity contribution in [2.24, 2.45) is 0 Å². The van der Waals surface area contributed by atoms with Crippen LogP contribution in [0.2, 0.25) is 0 Å². The number of fused-ring (bicyclic) bond motifs is 2. The zero-order chi connectivity index (χ0) is 17.2. The van der Waals surface area contributed by atoms with Gasteiger partial charge in [-0.3, -0.25) is 0 Å². The minimum atomic E-state index is -0.941. The summed E-state index contributed by atoms with van der Waals surface area (Å²) in [6, 6.07) is 8.05. The molecule has 2 aliphatic rings. The van der Waals surface area contributed by atoms with Crippen LogP contribution in [-0.4, -0.2) is 24.2 Å². The molecule has 0 saturated carbocycles. The second kappa shape index (κ2) is 6.86. The summed E-state index contributed by atoms with van der Waals surface area (Å²) in [7, 11) is 0. The lowest BCUT2D eigenvalue weighted by molar-refractivity contribution is -0.131. The molecule has 4 nitrogen and oxygen atoms in total. The van der Waals surface area contributed by atoms with Crippen LogP contribution < -0.4 is 10.1 Å². The molecular formula is C20H19NO3S. The zero-order valence-corrected chi connectivity index (χ0v) is 14.6. The summed E-state index contributed by atoms with van der Waals surface area (Å²) < 4.78 is 6.05. The van der Waals surface area contributed by atoms with Crippen LogP contribution in [0.25, 0.3) is 11.6 Å². The first-order valence-corrected chi connectivity index (χ1v) is 9.28. The summed E-state index contributed by atoms with van der Waals surface area (Å²) >= 11 is 1.76. The van der Waals surface area contributed by atoms with Crippen molar-refractivity contribution in [3.05, 3.63) is 62.9 Å². The molecule has 3 heterocycles. The van der Waals surface area contributed by atoms with Crippen molar-refractivity contribution in [1.82, 2.24) is 5.32 Å². The predicted octanol–water partition coefficient (Wildman–Crippen LogP) is 3.92. The lowest BCUT2D eigenvalue weighted by Gasteiger charge is -2.21. The van der Waals surface area contributed by atoms with E-state index in [1.165, 1.54) is 27.7 Å². The summed E-state index contributed by atoms with van der Waals surface area (Å²) in [6.45, 7) is 2.56. The molecule has 0 amide bonds. The van der Waals surface area contributed by atoms with Gasteiger partial charge in [-0.15, -0.1) is 11.3 Å². The number of piperidine rings is 1. The van der Waals surface area contributed by atoms with E-state index >= 15 is 0 Å². The van der Waals surface area contributed by atoms with Gasteiger partial charge in [0, 0.05) is 27.7 Å². The lowest BCUT2D eigenvalue weighted by Crippen LogP contribution is -2.23. The van der Waals surface area contributed by atoms with Crippen molar-refractivity contribution in [1.29, 1.82) is 0 Å². The van der Waals surface area contributed by atoms with Gasteiger partial charge in [-0.1, -0.05) is 11.6 Å². The number of hydrogen-bond donors (Lipinski definition) is 2. The van der Waals surface area contributed by atoms with Crippen LogP contribution in [-0.2, 0) is 11.4 Å². The molecule has 0 bridgehead atoms. The van der Waals surface area contributed by atoms with Gasteiger partial charge < -0.3 is 15.2 Å². The highest BCUT2D eigenvalue weighted by molar-refractivity contribution is 7.11. The minimum Gasteiger partial charge on any atom is -0.488 e. The molecule has 1 saturated heterocycles. The van der Waals surface area contributed by atoms with E-state index < -0.39 is 5.97 Å². The summed E-state index contributed by atoms with van der Waals surface area (Å²) in [5.74, 6) is -0.0689. The van der Waals surface area contributed by atoms with Gasteiger partial charge in [0.2, 0.25) is 0 Å². The van der Waals surface area contributed by atoms with E-state index in [1.54, 1.807) is 17.4 Å². The van der Waals surface area contributed by atoms with Crippen molar-refractivity contribution in [3.63, 3.8) is 0 Å². The van der Waals surface area contributed by atoms with E-state index in [4.69, 9.17) is 9.84 Å². The van der Waals surface area contributed by atoms with Crippen molar-refractivity contribution < 1.29 is 14.6 Å². The number of rotatable bonds is 2. The first kappa shape index (κ1) is 16.1. The highest BCUT2D eigenvalue weighted by atomic mass is 32.1. The molecule has 5 heteroatoms. The second-order valence-corrected chi connectivity index (χ2v) is 7.14. The van der Waals surface area contributed by atoms with Crippen LogP contribution in [0, 0.1) is 0 Å². The quantitative estimate of drug-likeness (QED) is 0.804. The molecule has 2 N–H and O–H groups in total. The Balaban J connectivity index is 1.89. The molecule has 1 aromatic carbocycles. The van der Waals surface area contributed by atoms with Gasteiger partial charge >= 0.3 is 5.97 Å². The molecule has 1 aromatic heterocycles. The van der Waals surface area contributed by atoms with Gasteiger partial charge in [-0.2, -0.15) is 0 Å². The van der Waals surface area contributed by atoms with Gasteiger partial charge in [-0.05, 0) is 61.1 Å². The number of benzene rings is 1. The van der Waals surface area contributed by atoms with Gasteiger partial charge in [0.05, 0.1) is 0 Å². The molecule has 0 unspecified atom stereocenters. The topological polar surface area (TPSA) is 58.6 Å². The molecule has 0 radical (unpaired) electrons. The number of hydrogen-bond acceptors (Lipinski definition) is 4. The van der Waals surface area contributed by atoms with Crippen LogP contribution in [0.15, 0.2) is 41.3 Å². The van der Waals surface area contributed by atoms with Crippen LogP contribution in [0.4, 0.5) is 0 Å². The predicted molar refractivity (Wildman–Crippen MR) is 99.9 cm³/mol. The molecule has 128 valence electrons. The minimum absolute atomic E-state index is 0.575. The highest BCUT2D eigenvalue weighted by Gasteiger charge is 2.24. The molecule has 4 rings (SSSR count). The van der Waals surface area contributed by atoms with Gasteiger partial charge in [-0.25, -0.2) is 4.79 Å². The molecule has 0 spiro atoms. The third-order valence-corrected chi connectivity index (χ3v) is 5.58. The van der Waals surface area contributed by atoms with Gasteiger partial charge in [0.15, 0.2) is 0 Å². The number of ether oxygens (including phenoxy) is 1. The molecule has 1 fully saturated rings. The number of thiophene rings is 1. The van der Waals surface area contributed by atoms with E-state index in [-0.39, 0.29) is 0 Å². The maximum Gasteiger partial charge on any atom is 0.328 e. The number of nitrogens with one attached hydrogen (secondary N) is 1. The Morgan fingerprint density at radius 3 is 2.88 bits per heavy atom. The van der Waals surface area contributed by atoms with E-state index in [1.807, 2.05) is 18.2 Å². The monoisotopic (exact) mass is 353 g/mol. The largest absolute Gasteiger partial charge is 0.488 e. The second-order valence-electron chi connectivity index (χ2n) is 6.22. The summed E-state index contributed by atoms with van der Waals surface area (Å²) in [6.07, 6.45) is 4.86. The molecule has 25 heavy (non-hydrogen) atoms. The maximum atomic E-state index is 10.8. The van der Waals surface area contributed by atoms with Crippen LogP contribution in [0.3, 0.4) is 0 Å². The Morgan fingerprint density at radius 2 is 2.08 bits per heavy atom. The lowest BCUT2D eigenvalue weighted by atomic mass is 9.90. The first-order valence-electron chi connectivity index (χ1n) is 8.40. The van der Waals surface area contributed by atoms with Crippen LogP contribution in [0.1, 0.15) is 34.4 Å². The van der Waals surface area contributed by atoms with Crippen molar-refractivity contribution in [3.8, 4) is 5.75 Å². The number of carboxylic acids is 1. The number of carbonyl (C=O) groups is 1. The average molecular weight is 353 g/mol. The fourth-order valence-electron chi connectivity index (χ4n) is 3.42. The Morgan fingerprint density at radius 1 is 1.24 bits per heavy atom. The SMILES string of the molecule is O=C(O)/C=C/c1ccc2c(c1)C(=C1CCNCC1)c1sccc1CO2. The molecular weight excluding hydrogens is 334 g/mol. The maximum absolute atomic E-state index is 10.8. The Bertz CT molecular complexity index is 871. The van der Waals surface area contributed by atoms with E-state index in [0.717, 1.165) is 42.8 Å². The highest BCUT2D eigenvalue weighted by Crippen LogP contribution is 2.43. The molecule has 2 aliphatic heterocycles. The Kier molecular flexibility index (Phi) is 4.42. The van der Waals surface area contributed by atoms with E-state index in [9.17, 15) is 4.79 Å². The summed E-state index contributed by atoms with van der Waals surface area (Å²) in [5, 5.41) is 14.4. The first-order chi connectivity index (χ1) is 12.2. The fourth-order valence-corrected chi connectivity index (χ4v) is 4.43. The molecule has 0 aliphatic carbocycles. The Hall–Kier alpha value is -2.37. The van der Waals surface area contributed by atoms with E-state index in [0.29, 0.717) is 6.61 Å². The number of carboxylic acid groups (broad SMARTS) is 1. The van der Waals surface area contributed by atoms with E-state index in [2.05, 4.69) is 16.8 Å². The van der Waals surface area contributed by atoms with Gasteiger partial charge in [0.1, 0.15) is 12.4 Å². The fraction of sp³-hybridized carbons (Fsp3) is 0.250. The number of aliphatic carboxylic acids is 1. The standard InChI is InChI=1S/C20H19NO3S/c22-18(23)4-2-13-1-3-17-16(11-13)19(14-5-8-21-9-6-14)20-15(12-24-17)7-10-25-20/h1-4,7,10-11,21H,5-6,8-9,12H2,(H,22,23)/b4-2+. The van der Waals surface area contributed by atoms with Crippen molar-refractivity contribution in [2.75, 3.05) is 13.1 Å². The third kappa shape index (κ3) is 3.25. The normalized spacial score (nSPS) is 17.0. The average Bonchev–Trinajstić information content (AvgIpc) is 3.02. The van der Waals surface area contributed by atoms with Crippen LogP contribution >= 0.6 is 11.3 Å². The third-order valence-electron chi connectivity index (χ3n) is 4.61. The summed E-state index contributed by atoms with van der Waals surface area (Å²) in [5.41, 5.74) is 5.91. The van der Waals surface area contributed by atoms with Gasteiger partial charge in [0.25, 0.3) is 0 Å². The molecule has 2 aromatic rings. The smallest absolute Gasteiger partial charge is 0.328 e. The zero-order valence-electron chi connectivity index (χ0n) is 13.7. The summed E-state index contributed by atoms with van der Waals surface area (Å²) in [4.78, 5) is 12.1. The Labute approximate surface area is 150 Å². The van der Waals surface area contributed by atoms with Crippen LogP contribution in [0.5, 0.6) is 5.75 Å². The van der Waals surface area contributed by atoms with Crippen molar-refractivity contribution >= 4 is 29.0 Å².